The molecule has 2 rings (SSSR count). The van der Waals surface area contributed by atoms with Crippen LogP contribution in [0.1, 0.15) is 46.0 Å². The molecule has 0 aromatic heterocycles. The lowest BCUT2D eigenvalue weighted by Gasteiger charge is -2.44. The van der Waals surface area contributed by atoms with Crippen LogP contribution in [0.25, 0.3) is 0 Å². The van der Waals surface area contributed by atoms with Crippen molar-refractivity contribution in [1.29, 1.82) is 0 Å². The Labute approximate surface area is 93.9 Å². The van der Waals surface area contributed by atoms with Gasteiger partial charge in [0.2, 0.25) is 0 Å². The fourth-order valence-electron chi connectivity index (χ4n) is 3.29. The lowest BCUT2D eigenvalue weighted by molar-refractivity contribution is -0.134. The zero-order chi connectivity index (χ0) is 10.8. The van der Waals surface area contributed by atoms with Crippen LogP contribution in [0.4, 0.5) is 0 Å². The van der Waals surface area contributed by atoms with Crippen LogP contribution in [-0.2, 0) is 4.74 Å². The Morgan fingerprint density at radius 3 is 2.67 bits per heavy atom. The Balaban J connectivity index is 2.05. The highest BCUT2D eigenvalue weighted by Gasteiger charge is 2.38. The van der Waals surface area contributed by atoms with Crippen molar-refractivity contribution in [3.63, 3.8) is 0 Å². The Hall–Kier alpha value is -0.300. The number of hydrogen-bond donors (Lipinski definition) is 0. The van der Waals surface area contributed by atoms with Crippen LogP contribution < -0.4 is 0 Å². The van der Waals surface area contributed by atoms with Gasteiger partial charge in [-0.25, -0.2) is 0 Å². The van der Waals surface area contributed by atoms with E-state index >= 15 is 0 Å². The Kier molecular flexibility index (Phi) is 3.50. The molecule has 1 saturated carbocycles. The van der Waals surface area contributed by atoms with E-state index in [1.807, 2.05) is 0 Å². The molecule has 1 saturated heterocycles. The van der Waals surface area contributed by atoms with E-state index < -0.39 is 0 Å². The zero-order valence-corrected chi connectivity index (χ0v) is 10.1. The molecule has 0 aromatic rings. The predicted octanol–water partition coefficient (Wildman–Crippen LogP) is 3.79. The maximum Gasteiger partial charge on any atom is 0.0664 e. The molecule has 0 aromatic carbocycles. The normalized spacial score (nSPS) is 41.3. The fourth-order valence-corrected chi connectivity index (χ4v) is 3.29. The summed E-state index contributed by atoms with van der Waals surface area (Å²) in [5, 5.41) is 0. The van der Waals surface area contributed by atoms with Crippen molar-refractivity contribution in [3.05, 3.63) is 12.7 Å². The maximum absolute atomic E-state index is 6.28. The van der Waals surface area contributed by atoms with Gasteiger partial charge in [-0.3, -0.25) is 0 Å². The van der Waals surface area contributed by atoms with Crippen LogP contribution in [0.2, 0.25) is 0 Å². The minimum Gasteiger partial charge on any atom is -0.374 e. The summed E-state index contributed by atoms with van der Waals surface area (Å²) in [7, 11) is 0. The molecule has 0 spiro atoms. The summed E-state index contributed by atoms with van der Waals surface area (Å²) in [5.74, 6) is 2.02. The van der Waals surface area contributed by atoms with Crippen LogP contribution in [-0.4, -0.2) is 12.2 Å². The average Bonchev–Trinajstić information content (AvgIpc) is 2.27. The number of rotatable bonds is 2. The van der Waals surface area contributed by atoms with Crippen molar-refractivity contribution in [3.8, 4) is 0 Å². The van der Waals surface area contributed by atoms with Gasteiger partial charge in [0.05, 0.1) is 12.2 Å². The lowest BCUT2D eigenvalue weighted by Crippen LogP contribution is -2.44. The third-order valence-corrected chi connectivity index (χ3v) is 4.13. The highest BCUT2D eigenvalue weighted by Crippen LogP contribution is 2.40. The van der Waals surface area contributed by atoms with Crippen LogP contribution in [0, 0.1) is 17.8 Å². The first-order chi connectivity index (χ1) is 7.22. The van der Waals surface area contributed by atoms with Crippen LogP contribution >= 0.6 is 0 Å². The van der Waals surface area contributed by atoms with E-state index in [-0.39, 0.29) is 0 Å². The van der Waals surface area contributed by atoms with E-state index in [9.17, 15) is 0 Å². The number of hydrogen-bond acceptors (Lipinski definition) is 1. The molecule has 2 aliphatic rings. The average molecular weight is 208 g/mol. The molecule has 2 fully saturated rings. The maximum atomic E-state index is 6.28. The van der Waals surface area contributed by atoms with Crippen molar-refractivity contribution in [2.75, 3.05) is 0 Å². The summed E-state index contributed by atoms with van der Waals surface area (Å²) in [6.07, 6.45) is 9.85. The van der Waals surface area contributed by atoms with Gasteiger partial charge < -0.3 is 4.74 Å². The quantitative estimate of drug-likeness (QED) is 0.627. The molecule has 0 unspecified atom stereocenters. The Morgan fingerprint density at radius 1 is 1.27 bits per heavy atom. The highest BCUT2D eigenvalue weighted by molar-refractivity contribution is 4.95. The second-order valence-corrected chi connectivity index (χ2v) is 5.56. The topological polar surface area (TPSA) is 9.23 Å². The van der Waals surface area contributed by atoms with Crippen molar-refractivity contribution >= 4 is 0 Å². The van der Waals surface area contributed by atoms with Gasteiger partial charge in [0.15, 0.2) is 0 Å². The predicted molar refractivity (Wildman–Crippen MR) is 63.8 cm³/mol. The lowest BCUT2D eigenvalue weighted by atomic mass is 9.74. The molecule has 0 bridgehead atoms. The molecule has 1 nitrogen and oxygen atoms in total. The largest absolute Gasteiger partial charge is 0.374 e. The van der Waals surface area contributed by atoms with Gasteiger partial charge in [-0.1, -0.05) is 32.8 Å². The first kappa shape index (κ1) is 11.2. The molecule has 1 aliphatic heterocycles. The molecular formula is C14H24O. The van der Waals surface area contributed by atoms with E-state index in [0.29, 0.717) is 24.0 Å². The molecule has 15 heavy (non-hydrogen) atoms. The van der Waals surface area contributed by atoms with Gasteiger partial charge in [0, 0.05) is 5.92 Å². The molecular weight excluding hydrogens is 184 g/mol. The van der Waals surface area contributed by atoms with Crippen LogP contribution in [0.15, 0.2) is 12.7 Å². The summed E-state index contributed by atoms with van der Waals surface area (Å²) in [6, 6.07) is 0. The fraction of sp³-hybridized carbons (Fsp3) is 0.857. The highest BCUT2D eigenvalue weighted by atomic mass is 16.5. The van der Waals surface area contributed by atoms with Gasteiger partial charge in [0.1, 0.15) is 0 Å². The van der Waals surface area contributed by atoms with E-state index in [0.717, 1.165) is 5.92 Å². The molecule has 1 aliphatic carbocycles. The van der Waals surface area contributed by atoms with Crippen LogP contribution in [0.3, 0.4) is 0 Å². The van der Waals surface area contributed by atoms with Gasteiger partial charge in [-0.2, -0.15) is 0 Å². The molecule has 4 atom stereocenters. The number of fused-ring (bicyclic) bond motifs is 1. The monoisotopic (exact) mass is 208 g/mol. The third kappa shape index (κ3) is 2.28. The molecule has 0 radical (unpaired) electrons. The van der Waals surface area contributed by atoms with Crippen molar-refractivity contribution < 1.29 is 4.74 Å². The minimum absolute atomic E-state index is 0.418. The van der Waals surface area contributed by atoms with Gasteiger partial charge in [-0.15, -0.1) is 6.58 Å². The van der Waals surface area contributed by atoms with Crippen molar-refractivity contribution in [2.24, 2.45) is 17.8 Å². The Morgan fingerprint density at radius 2 is 2.00 bits per heavy atom. The number of ether oxygens (including phenoxy) is 1. The second-order valence-electron chi connectivity index (χ2n) is 5.56. The summed E-state index contributed by atoms with van der Waals surface area (Å²) in [5.41, 5.74) is 0. The van der Waals surface area contributed by atoms with E-state index in [4.69, 9.17) is 4.74 Å². The third-order valence-electron chi connectivity index (χ3n) is 4.13. The summed E-state index contributed by atoms with van der Waals surface area (Å²) in [4.78, 5) is 0. The summed E-state index contributed by atoms with van der Waals surface area (Å²) >= 11 is 0. The minimum atomic E-state index is 0.418. The summed E-state index contributed by atoms with van der Waals surface area (Å²) in [6.45, 7) is 8.51. The van der Waals surface area contributed by atoms with E-state index in [2.05, 4.69) is 26.5 Å². The summed E-state index contributed by atoms with van der Waals surface area (Å²) < 4.78 is 6.28. The van der Waals surface area contributed by atoms with Gasteiger partial charge >= 0.3 is 0 Å². The molecule has 1 heterocycles. The van der Waals surface area contributed by atoms with Gasteiger partial charge in [0.25, 0.3) is 0 Å². The van der Waals surface area contributed by atoms with Crippen molar-refractivity contribution in [2.45, 2.75) is 58.2 Å². The Bertz CT molecular complexity index is 221. The molecule has 1 heteroatoms. The second kappa shape index (κ2) is 4.69. The molecule has 86 valence electrons. The van der Waals surface area contributed by atoms with Crippen LogP contribution in [0.5, 0.6) is 0 Å². The zero-order valence-electron chi connectivity index (χ0n) is 10.1. The first-order valence-electron chi connectivity index (χ1n) is 6.50. The smallest absolute Gasteiger partial charge is 0.0664 e. The SMILES string of the molecule is C=C[C@@H]1C[C@@H]2CCCC[C@@H]2O[C@@H]1C(C)C. The van der Waals surface area contributed by atoms with Crippen molar-refractivity contribution in [1.82, 2.24) is 0 Å². The molecule has 0 N–H and O–H groups in total. The molecule has 0 amide bonds. The van der Waals surface area contributed by atoms with Gasteiger partial charge in [-0.05, 0) is 31.1 Å². The first-order valence-corrected chi connectivity index (χ1v) is 6.50. The van der Waals surface area contributed by atoms with E-state index in [1.165, 1.54) is 32.1 Å². The van der Waals surface area contributed by atoms with E-state index in [1.54, 1.807) is 0 Å². The standard InChI is InChI=1S/C14H24O/c1-4-11-9-12-7-5-6-8-13(12)15-14(11)10(2)3/h4,10-14H,1,5-9H2,2-3H3/t11-,12+,13+,14-/m1/s1.